The molecule has 0 saturated heterocycles. The number of carboxylic acid groups (broad SMARTS) is 1. The molecule has 0 aliphatic heterocycles. The van der Waals surface area contributed by atoms with E-state index in [0.717, 1.165) is 28.5 Å². The quantitative estimate of drug-likeness (QED) is 0.702. The molecule has 0 unspecified atom stereocenters. The Balaban J connectivity index is 1.53. The lowest BCUT2D eigenvalue weighted by atomic mass is 9.98. The van der Waals surface area contributed by atoms with Gasteiger partial charge in [-0.05, 0) is 22.3 Å². The van der Waals surface area contributed by atoms with Crippen LogP contribution in [0.25, 0.3) is 17.3 Å². The number of fused-ring (bicyclic) bond motifs is 3. The minimum absolute atomic E-state index is 0.000257. The summed E-state index contributed by atoms with van der Waals surface area (Å²) in [6, 6.07) is 16.0. The smallest absolute Gasteiger partial charge is 0.412 e. The summed E-state index contributed by atoms with van der Waals surface area (Å²) >= 11 is 0. The third kappa shape index (κ3) is 2.92. The first-order valence-electron chi connectivity index (χ1n) is 8.65. The number of carbonyl (C=O) groups is 2. The third-order valence-electron chi connectivity index (χ3n) is 4.76. The molecule has 28 heavy (non-hydrogen) atoms. The molecule has 2 aromatic carbocycles. The first-order valence-corrected chi connectivity index (χ1v) is 8.65. The standard InChI is InChI=1S/C21H17N3O4/c1-2-24-19(17(11-22-24)20(25)26)23-21(27)28-12-18-15-9-5-3-7-13(15)14-8-4-6-10-16(14)18/h2-11,18H,1,12H2,(H,23,27)(H,25,26). The second-order valence-corrected chi connectivity index (χ2v) is 6.29. The van der Waals surface area contributed by atoms with Gasteiger partial charge in [-0.25, -0.2) is 14.3 Å². The Kier molecular flexibility index (Phi) is 4.41. The molecule has 0 radical (unpaired) electrons. The van der Waals surface area contributed by atoms with Crippen LogP contribution >= 0.6 is 0 Å². The number of hydrogen-bond acceptors (Lipinski definition) is 4. The lowest BCUT2D eigenvalue weighted by Gasteiger charge is -2.15. The highest BCUT2D eigenvalue weighted by atomic mass is 16.5. The Hall–Kier alpha value is -3.87. The van der Waals surface area contributed by atoms with Crippen molar-refractivity contribution in [2.75, 3.05) is 11.9 Å². The number of hydrogen-bond donors (Lipinski definition) is 2. The number of ether oxygens (including phenoxy) is 1. The maximum atomic E-state index is 12.3. The number of carboxylic acids is 1. The van der Waals surface area contributed by atoms with Gasteiger partial charge in [0.25, 0.3) is 0 Å². The van der Waals surface area contributed by atoms with E-state index < -0.39 is 12.1 Å². The Morgan fingerprint density at radius 1 is 1.14 bits per heavy atom. The molecule has 140 valence electrons. The van der Waals surface area contributed by atoms with Crippen molar-refractivity contribution in [1.82, 2.24) is 9.78 Å². The fraction of sp³-hybridized carbons (Fsp3) is 0.0952. The average molecular weight is 375 g/mol. The molecule has 2 N–H and O–H groups in total. The second kappa shape index (κ2) is 7.03. The van der Waals surface area contributed by atoms with Gasteiger partial charge in [0.15, 0.2) is 5.82 Å². The highest BCUT2D eigenvalue weighted by molar-refractivity contribution is 5.97. The van der Waals surface area contributed by atoms with Gasteiger partial charge in [0.1, 0.15) is 12.2 Å². The van der Waals surface area contributed by atoms with Gasteiger partial charge in [0.05, 0.1) is 6.20 Å². The van der Waals surface area contributed by atoms with Gasteiger partial charge in [-0.1, -0.05) is 55.1 Å². The lowest BCUT2D eigenvalue weighted by Crippen LogP contribution is -2.20. The molecule has 3 aromatic rings. The molecule has 0 spiro atoms. The number of carbonyl (C=O) groups excluding carboxylic acids is 1. The normalized spacial score (nSPS) is 12.1. The van der Waals surface area contributed by atoms with Gasteiger partial charge in [0.2, 0.25) is 0 Å². The van der Waals surface area contributed by atoms with Crippen LogP contribution in [0.3, 0.4) is 0 Å². The van der Waals surface area contributed by atoms with Crippen molar-refractivity contribution in [3.8, 4) is 11.1 Å². The van der Waals surface area contributed by atoms with Gasteiger partial charge in [0, 0.05) is 12.1 Å². The molecule has 1 aromatic heterocycles. The molecule has 0 atom stereocenters. The third-order valence-corrected chi connectivity index (χ3v) is 4.76. The van der Waals surface area contributed by atoms with E-state index >= 15 is 0 Å². The second-order valence-electron chi connectivity index (χ2n) is 6.29. The zero-order chi connectivity index (χ0) is 19.7. The lowest BCUT2D eigenvalue weighted by molar-refractivity contribution is 0.0698. The fourth-order valence-corrected chi connectivity index (χ4v) is 3.51. The van der Waals surface area contributed by atoms with Crippen LogP contribution in [0.1, 0.15) is 27.4 Å². The minimum Gasteiger partial charge on any atom is -0.477 e. The Bertz CT molecular complexity index is 1040. The van der Waals surface area contributed by atoms with Crippen LogP contribution in [0.15, 0.2) is 61.3 Å². The summed E-state index contributed by atoms with van der Waals surface area (Å²) in [5, 5.41) is 15.5. The monoisotopic (exact) mass is 375 g/mol. The zero-order valence-corrected chi connectivity index (χ0v) is 14.8. The Morgan fingerprint density at radius 3 is 2.32 bits per heavy atom. The number of amides is 1. The van der Waals surface area contributed by atoms with Gasteiger partial charge < -0.3 is 9.84 Å². The predicted molar refractivity (Wildman–Crippen MR) is 104 cm³/mol. The molecular formula is C21H17N3O4. The van der Waals surface area contributed by atoms with Gasteiger partial charge >= 0.3 is 12.1 Å². The zero-order valence-electron chi connectivity index (χ0n) is 14.8. The summed E-state index contributed by atoms with van der Waals surface area (Å²) < 4.78 is 6.60. The van der Waals surface area contributed by atoms with E-state index in [1.54, 1.807) is 0 Å². The molecule has 1 heterocycles. The average Bonchev–Trinajstić information content (AvgIpc) is 3.25. The van der Waals surface area contributed by atoms with Crippen molar-refractivity contribution >= 4 is 24.1 Å². The highest BCUT2D eigenvalue weighted by Crippen LogP contribution is 2.44. The summed E-state index contributed by atoms with van der Waals surface area (Å²) in [4.78, 5) is 23.6. The van der Waals surface area contributed by atoms with Crippen molar-refractivity contribution in [3.63, 3.8) is 0 Å². The van der Waals surface area contributed by atoms with Crippen molar-refractivity contribution < 1.29 is 19.4 Å². The van der Waals surface area contributed by atoms with Gasteiger partial charge in [-0.15, -0.1) is 0 Å². The summed E-state index contributed by atoms with van der Waals surface area (Å²) in [5.41, 5.74) is 4.31. The summed E-state index contributed by atoms with van der Waals surface area (Å²) in [5.74, 6) is -1.29. The molecule has 1 amide bonds. The van der Waals surface area contributed by atoms with Crippen LogP contribution in [0, 0.1) is 0 Å². The minimum atomic E-state index is -1.21. The van der Waals surface area contributed by atoms with E-state index in [-0.39, 0.29) is 23.9 Å². The topological polar surface area (TPSA) is 93.5 Å². The summed E-state index contributed by atoms with van der Waals surface area (Å²) in [7, 11) is 0. The molecule has 0 saturated carbocycles. The number of nitrogens with zero attached hydrogens (tertiary/aromatic N) is 2. The van der Waals surface area contributed by atoms with E-state index in [0.29, 0.717) is 0 Å². The van der Waals surface area contributed by atoms with E-state index in [1.165, 1.54) is 10.9 Å². The maximum absolute atomic E-state index is 12.3. The number of aromatic nitrogens is 2. The number of aromatic carboxylic acids is 1. The first-order chi connectivity index (χ1) is 13.6. The number of rotatable bonds is 5. The van der Waals surface area contributed by atoms with Crippen LogP contribution < -0.4 is 5.32 Å². The van der Waals surface area contributed by atoms with Gasteiger partial charge in [-0.3, -0.25) is 5.32 Å². The molecule has 0 fully saturated rings. The molecule has 0 bridgehead atoms. The number of anilines is 1. The van der Waals surface area contributed by atoms with Crippen LogP contribution in [0.5, 0.6) is 0 Å². The van der Waals surface area contributed by atoms with E-state index in [1.807, 2.05) is 36.4 Å². The maximum Gasteiger partial charge on any atom is 0.412 e. The SMILES string of the molecule is C=Cn1ncc(C(=O)O)c1NC(=O)OCC1c2ccccc2-c2ccccc21. The van der Waals surface area contributed by atoms with Crippen molar-refractivity contribution in [2.45, 2.75) is 5.92 Å². The molecule has 4 rings (SSSR count). The molecule has 1 aliphatic carbocycles. The molecule has 1 aliphatic rings. The van der Waals surface area contributed by atoms with Crippen molar-refractivity contribution in [1.29, 1.82) is 0 Å². The van der Waals surface area contributed by atoms with E-state index in [4.69, 9.17) is 4.74 Å². The van der Waals surface area contributed by atoms with Crippen LogP contribution in [0.4, 0.5) is 10.6 Å². The first kappa shape index (κ1) is 17.5. The van der Waals surface area contributed by atoms with Gasteiger partial charge in [-0.2, -0.15) is 5.10 Å². The summed E-state index contributed by atoms with van der Waals surface area (Å²) in [6.45, 7) is 3.68. The van der Waals surface area contributed by atoms with Crippen LogP contribution in [-0.2, 0) is 4.74 Å². The van der Waals surface area contributed by atoms with E-state index in [2.05, 4.69) is 29.1 Å². The Morgan fingerprint density at radius 2 is 1.75 bits per heavy atom. The molecule has 7 heteroatoms. The van der Waals surface area contributed by atoms with E-state index in [9.17, 15) is 14.7 Å². The molecular weight excluding hydrogens is 358 g/mol. The van der Waals surface area contributed by atoms with Crippen LogP contribution in [0.2, 0.25) is 0 Å². The number of benzene rings is 2. The van der Waals surface area contributed by atoms with Crippen molar-refractivity contribution in [2.24, 2.45) is 0 Å². The Labute approximate surface area is 160 Å². The summed E-state index contributed by atoms with van der Waals surface area (Å²) in [6.07, 6.45) is 1.68. The number of nitrogens with one attached hydrogen (secondary N) is 1. The molecule has 7 nitrogen and oxygen atoms in total. The predicted octanol–water partition coefficient (Wildman–Crippen LogP) is 4.04. The fourth-order valence-electron chi connectivity index (χ4n) is 3.51. The van der Waals surface area contributed by atoms with Crippen molar-refractivity contribution in [3.05, 3.63) is 78.0 Å². The highest BCUT2D eigenvalue weighted by Gasteiger charge is 2.29. The largest absolute Gasteiger partial charge is 0.477 e. The van der Waals surface area contributed by atoms with Crippen LogP contribution in [-0.4, -0.2) is 33.6 Å².